The smallest absolute Gasteiger partial charge is 0.269 e. The molecule has 132 valence electrons. The number of rotatable bonds is 6. The average molecular weight is 370 g/mol. The molecule has 0 saturated carbocycles. The second-order valence-corrected chi connectivity index (χ2v) is 5.87. The van der Waals surface area contributed by atoms with Gasteiger partial charge in [-0.1, -0.05) is 53.2 Å². The molecule has 3 rings (SSSR count). The van der Waals surface area contributed by atoms with Crippen LogP contribution < -0.4 is 9.84 Å². The number of hydrogen-bond donors (Lipinski definition) is 0. The van der Waals surface area contributed by atoms with Crippen molar-refractivity contribution in [1.29, 1.82) is 0 Å². The minimum atomic E-state index is -1.28. The van der Waals surface area contributed by atoms with Crippen LogP contribution in [0.2, 0.25) is 0 Å². The van der Waals surface area contributed by atoms with Crippen LogP contribution in [0.15, 0.2) is 53.1 Å². The predicted molar refractivity (Wildman–Crippen MR) is 95.1 cm³/mol. The predicted octanol–water partition coefficient (Wildman–Crippen LogP) is 2.91. The van der Waals surface area contributed by atoms with Gasteiger partial charge in [0, 0.05) is 5.56 Å². The molecule has 1 heterocycles. The fraction of sp³-hybridized carbons (Fsp3) is 0.105. The topological polar surface area (TPSA) is 88.3 Å². The van der Waals surface area contributed by atoms with Crippen molar-refractivity contribution in [3.8, 4) is 17.1 Å². The lowest BCUT2D eigenvalue weighted by Crippen LogP contribution is -2.28. The van der Waals surface area contributed by atoms with Crippen LogP contribution in [0.5, 0.6) is 5.75 Å². The minimum absolute atomic E-state index is 0.210. The molecule has 0 saturated heterocycles. The SMILES string of the molecule is Cc1ccccc1-c1noc(/C(Cl)=C/c2ccc(OCC(=O)[O-])cc2)n1. The van der Waals surface area contributed by atoms with E-state index in [0.717, 1.165) is 16.7 Å². The molecule has 0 aliphatic heterocycles. The maximum atomic E-state index is 10.4. The van der Waals surface area contributed by atoms with E-state index in [1.165, 1.54) is 0 Å². The minimum Gasteiger partial charge on any atom is -0.546 e. The molecule has 0 fully saturated rings. The number of carbonyl (C=O) groups excluding carboxylic acids is 1. The third kappa shape index (κ3) is 4.29. The summed E-state index contributed by atoms with van der Waals surface area (Å²) in [5.41, 5.74) is 2.68. The summed E-state index contributed by atoms with van der Waals surface area (Å²) >= 11 is 6.27. The molecule has 2 aromatic carbocycles. The van der Waals surface area contributed by atoms with Gasteiger partial charge in [0.05, 0.1) is 5.97 Å². The Balaban J connectivity index is 1.76. The number of halogens is 1. The fourth-order valence-corrected chi connectivity index (χ4v) is 2.47. The second kappa shape index (κ2) is 7.84. The largest absolute Gasteiger partial charge is 0.546 e. The maximum Gasteiger partial charge on any atom is 0.269 e. The van der Waals surface area contributed by atoms with Gasteiger partial charge in [0.15, 0.2) is 0 Å². The van der Waals surface area contributed by atoms with E-state index in [1.54, 1.807) is 30.3 Å². The third-order valence-corrected chi connectivity index (χ3v) is 3.82. The Morgan fingerprint density at radius 2 is 1.96 bits per heavy atom. The van der Waals surface area contributed by atoms with E-state index >= 15 is 0 Å². The number of nitrogens with zero attached hydrogens (tertiary/aromatic N) is 2. The molecule has 0 spiro atoms. The van der Waals surface area contributed by atoms with Crippen LogP contribution >= 0.6 is 11.6 Å². The van der Waals surface area contributed by atoms with Crippen LogP contribution in [-0.4, -0.2) is 22.7 Å². The van der Waals surface area contributed by atoms with E-state index < -0.39 is 12.6 Å². The van der Waals surface area contributed by atoms with Crippen LogP contribution in [0.3, 0.4) is 0 Å². The zero-order valence-corrected chi connectivity index (χ0v) is 14.6. The van der Waals surface area contributed by atoms with E-state index in [0.29, 0.717) is 16.6 Å². The Bertz CT molecular complexity index is 948. The Morgan fingerprint density at radius 3 is 2.65 bits per heavy atom. The van der Waals surface area contributed by atoms with Crippen molar-refractivity contribution < 1.29 is 19.2 Å². The van der Waals surface area contributed by atoms with E-state index in [1.807, 2.05) is 31.2 Å². The molecule has 0 aliphatic carbocycles. The molecule has 7 heteroatoms. The Hall–Kier alpha value is -3.12. The van der Waals surface area contributed by atoms with Gasteiger partial charge < -0.3 is 19.2 Å². The Labute approximate surface area is 154 Å². The molecule has 0 amide bonds. The molecule has 6 nitrogen and oxygen atoms in total. The van der Waals surface area contributed by atoms with Gasteiger partial charge >= 0.3 is 0 Å². The van der Waals surface area contributed by atoms with Crippen molar-refractivity contribution in [1.82, 2.24) is 10.1 Å². The Morgan fingerprint density at radius 1 is 1.23 bits per heavy atom. The van der Waals surface area contributed by atoms with Gasteiger partial charge in [-0.25, -0.2) is 0 Å². The molecule has 0 atom stereocenters. The van der Waals surface area contributed by atoms with Crippen LogP contribution in [-0.2, 0) is 4.79 Å². The van der Waals surface area contributed by atoms with Gasteiger partial charge in [-0.05, 0) is 36.3 Å². The Kier molecular flexibility index (Phi) is 5.34. The highest BCUT2D eigenvalue weighted by Gasteiger charge is 2.12. The van der Waals surface area contributed by atoms with Crippen LogP contribution in [0.4, 0.5) is 0 Å². The first kappa shape index (κ1) is 17.7. The number of aromatic nitrogens is 2. The fourth-order valence-electron chi connectivity index (χ4n) is 2.26. The number of ether oxygens (including phenoxy) is 1. The normalized spacial score (nSPS) is 11.4. The van der Waals surface area contributed by atoms with Gasteiger partial charge in [-0.2, -0.15) is 4.98 Å². The maximum absolute atomic E-state index is 10.4. The number of aliphatic carboxylic acids is 1. The first-order valence-corrected chi connectivity index (χ1v) is 8.11. The van der Waals surface area contributed by atoms with E-state index in [9.17, 15) is 9.90 Å². The number of carbonyl (C=O) groups is 1. The molecular weight excluding hydrogens is 356 g/mol. The summed E-state index contributed by atoms with van der Waals surface area (Å²) in [5, 5.41) is 14.6. The quantitative estimate of drug-likeness (QED) is 0.663. The van der Waals surface area contributed by atoms with Gasteiger partial charge in [-0.15, -0.1) is 0 Å². The van der Waals surface area contributed by atoms with Crippen molar-refractivity contribution in [2.75, 3.05) is 6.61 Å². The van der Waals surface area contributed by atoms with Crippen LogP contribution in [0, 0.1) is 6.92 Å². The molecule has 0 N–H and O–H groups in total. The van der Waals surface area contributed by atoms with Crippen LogP contribution in [0.25, 0.3) is 22.5 Å². The zero-order chi connectivity index (χ0) is 18.5. The molecule has 1 aromatic heterocycles. The third-order valence-electron chi connectivity index (χ3n) is 3.55. The van der Waals surface area contributed by atoms with Gasteiger partial charge in [0.2, 0.25) is 5.82 Å². The molecule has 0 unspecified atom stereocenters. The second-order valence-electron chi connectivity index (χ2n) is 5.46. The lowest BCUT2D eigenvalue weighted by atomic mass is 10.1. The number of hydrogen-bond acceptors (Lipinski definition) is 6. The van der Waals surface area contributed by atoms with Gasteiger partial charge in [-0.3, -0.25) is 0 Å². The summed E-state index contributed by atoms with van der Waals surface area (Å²) in [6, 6.07) is 14.4. The first-order valence-electron chi connectivity index (χ1n) is 7.73. The van der Waals surface area contributed by atoms with E-state index in [2.05, 4.69) is 10.1 Å². The number of aryl methyl sites for hydroxylation is 1. The lowest BCUT2D eigenvalue weighted by Gasteiger charge is -2.06. The monoisotopic (exact) mass is 369 g/mol. The summed E-state index contributed by atoms with van der Waals surface area (Å²) in [6.07, 6.45) is 1.67. The highest BCUT2D eigenvalue weighted by atomic mass is 35.5. The standard InChI is InChI=1S/C19H15ClN2O4/c1-12-4-2-3-5-15(12)18-21-19(26-22-18)16(20)10-13-6-8-14(9-7-13)25-11-17(23)24/h2-10H,11H2,1H3,(H,23,24)/p-1/b16-10-. The van der Waals surface area contributed by atoms with E-state index in [-0.39, 0.29) is 5.89 Å². The number of benzene rings is 2. The summed E-state index contributed by atoms with van der Waals surface area (Å²) < 4.78 is 10.3. The van der Waals surface area contributed by atoms with Gasteiger partial charge in [0.25, 0.3) is 5.89 Å². The average Bonchev–Trinajstić information content (AvgIpc) is 3.11. The van der Waals surface area contributed by atoms with Crippen molar-refractivity contribution in [3.05, 3.63) is 65.5 Å². The lowest BCUT2D eigenvalue weighted by molar-refractivity contribution is -0.307. The molecule has 3 aromatic rings. The highest BCUT2D eigenvalue weighted by molar-refractivity contribution is 6.50. The van der Waals surface area contributed by atoms with Crippen molar-refractivity contribution in [2.45, 2.75) is 6.92 Å². The van der Waals surface area contributed by atoms with E-state index in [4.69, 9.17) is 20.9 Å². The summed E-state index contributed by atoms with van der Waals surface area (Å²) in [6.45, 7) is 1.46. The van der Waals surface area contributed by atoms with Crippen molar-refractivity contribution >= 4 is 28.7 Å². The number of carboxylic acid groups (broad SMARTS) is 1. The summed E-state index contributed by atoms with van der Waals surface area (Å²) in [5.74, 6) is -0.183. The molecule has 0 aliphatic rings. The number of carboxylic acids is 1. The molecule has 0 radical (unpaired) electrons. The zero-order valence-electron chi connectivity index (χ0n) is 13.8. The first-order chi connectivity index (χ1) is 12.5. The highest BCUT2D eigenvalue weighted by Crippen LogP contribution is 2.26. The van der Waals surface area contributed by atoms with Crippen molar-refractivity contribution in [3.63, 3.8) is 0 Å². The molecule has 0 bridgehead atoms. The summed E-state index contributed by atoms with van der Waals surface area (Å²) in [7, 11) is 0. The molecular formula is C19H14ClN2O4-. The van der Waals surface area contributed by atoms with Gasteiger partial charge in [0.1, 0.15) is 17.4 Å². The van der Waals surface area contributed by atoms with Crippen LogP contribution in [0.1, 0.15) is 17.0 Å². The summed E-state index contributed by atoms with van der Waals surface area (Å²) in [4.78, 5) is 14.7. The van der Waals surface area contributed by atoms with Crippen molar-refractivity contribution in [2.24, 2.45) is 0 Å². The molecule has 26 heavy (non-hydrogen) atoms.